The number of allylic oxidation sites excluding steroid dienone is 2. The second-order valence-electron chi connectivity index (χ2n) is 5.36. The van der Waals surface area contributed by atoms with Gasteiger partial charge in [-0.15, -0.1) is 0 Å². The molecule has 0 bridgehead atoms. The zero-order chi connectivity index (χ0) is 13.4. The highest BCUT2D eigenvalue weighted by Gasteiger charge is 2.38. The maximum Gasteiger partial charge on any atom is 0.121 e. The molecule has 2 aliphatic rings. The van der Waals surface area contributed by atoms with Crippen LogP contribution < -0.4 is 15.1 Å². The molecular weight excluding hydrogens is 260 g/mol. The molecule has 0 spiro atoms. The Hall–Kier alpha value is -2.06. The molecule has 0 saturated carbocycles. The van der Waals surface area contributed by atoms with Gasteiger partial charge in [-0.1, -0.05) is 71.9 Å². The van der Waals surface area contributed by atoms with Crippen molar-refractivity contribution in [2.75, 3.05) is 0 Å². The molecule has 4 rings (SSSR count). The van der Waals surface area contributed by atoms with Crippen molar-refractivity contribution >= 4 is 19.2 Å². The molecule has 0 aromatic heterocycles. The minimum absolute atomic E-state index is 0.201. The van der Waals surface area contributed by atoms with E-state index in [1.165, 1.54) is 10.4 Å². The molecule has 0 amide bonds. The summed E-state index contributed by atoms with van der Waals surface area (Å²) in [5.74, 6) is 1.08. The van der Waals surface area contributed by atoms with E-state index in [1.54, 1.807) is 0 Å². The predicted octanol–water partition coefficient (Wildman–Crippen LogP) is 2.29. The summed E-state index contributed by atoms with van der Waals surface area (Å²) in [6.45, 7) is 0. The van der Waals surface area contributed by atoms with E-state index in [2.05, 4.69) is 78.9 Å². The van der Waals surface area contributed by atoms with Gasteiger partial charge in [0.2, 0.25) is 0 Å². The first-order chi connectivity index (χ1) is 9.93. The van der Waals surface area contributed by atoms with Gasteiger partial charge in [0, 0.05) is 5.54 Å². The molecule has 1 heterocycles. The Morgan fingerprint density at radius 3 is 2.45 bits per heavy atom. The van der Waals surface area contributed by atoms with Crippen LogP contribution in [-0.4, -0.2) is 14.9 Å². The summed E-state index contributed by atoms with van der Waals surface area (Å²) in [7, 11) is -1.28. The van der Waals surface area contributed by atoms with E-state index in [0.717, 1.165) is 5.75 Å². The van der Waals surface area contributed by atoms with Crippen molar-refractivity contribution in [1.82, 2.24) is 0 Å². The maximum atomic E-state index is 6.18. The van der Waals surface area contributed by atoms with Crippen LogP contribution in [0.5, 0.6) is 5.75 Å². The Balaban J connectivity index is 1.89. The van der Waals surface area contributed by atoms with Crippen LogP contribution in [0.15, 0.2) is 78.9 Å². The van der Waals surface area contributed by atoms with E-state index in [0.29, 0.717) is 5.54 Å². The monoisotopic (exact) mass is 276 g/mol. The van der Waals surface area contributed by atoms with Gasteiger partial charge in [-0.25, -0.2) is 0 Å². The fourth-order valence-corrected chi connectivity index (χ4v) is 6.86. The van der Waals surface area contributed by atoms with Gasteiger partial charge in [-0.05, 0) is 17.3 Å². The van der Waals surface area contributed by atoms with Crippen molar-refractivity contribution in [3.05, 3.63) is 78.9 Å². The van der Waals surface area contributed by atoms with E-state index >= 15 is 0 Å². The number of benzene rings is 2. The number of para-hydroxylation sites is 1. The highest BCUT2D eigenvalue weighted by molar-refractivity contribution is 6.87. The molecule has 98 valence electrons. The number of hydrogen-bond acceptors (Lipinski definition) is 1. The van der Waals surface area contributed by atoms with Crippen molar-refractivity contribution < 1.29 is 4.74 Å². The van der Waals surface area contributed by atoms with Crippen LogP contribution >= 0.6 is 0 Å². The third kappa shape index (κ3) is 1.84. The van der Waals surface area contributed by atoms with Crippen molar-refractivity contribution in [2.24, 2.45) is 0 Å². The van der Waals surface area contributed by atoms with E-state index < -0.39 is 8.80 Å². The molecule has 0 saturated heterocycles. The highest BCUT2D eigenvalue weighted by Crippen LogP contribution is 2.32. The third-order valence-electron chi connectivity index (χ3n) is 4.19. The molecular formula is C18H16OSi. The van der Waals surface area contributed by atoms with Gasteiger partial charge in [0.05, 0.1) is 0 Å². The standard InChI is InChI=1S/C18H16OSi/c1-2-8-14(9-3-1)20-17-12-6-4-10-15(17)19-16-11-5-7-13-18(16)20/h1-13,15,17,20H/t15-,17+,20?/m1/s1. The maximum absolute atomic E-state index is 6.18. The topological polar surface area (TPSA) is 9.23 Å². The summed E-state index contributed by atoms with van der Waals surface area (Å²) in [5, 5.41) is 2.93. The van der Waals surface area contributed by atoms with Crippen LogP contribution in [-0.2, 0) is 0 Å². The first-order valence-corrected chi connectivity index (χ1v) is 8.91. The average Bonchev–Trinajstić information content (AvgIpc) is 2.53. The largest absolute Gasteiger partial charge is 0.486 e. The molecule has 1 unspecified atom stereocenters. The van der Waals surface area contributed by atoms with E-state index in [1.807, 2.05) is 0 Å². The second-order valence-corrected chi connectivity index (χ2v) is 8.37. The molecule has 1 nitrogen and oxygen atoms in total. The lowest BCUT2D eigenvalue weighted by molar-refractivity contribution is 0.247. The van der Waals surface area contributed by atoms with Crippen LogP contribution in [0, 0.1) is 0 Å². The number of ether oxygens (including phenoxy) is 1. The fraction of sp³-hybridized carbons (Fsp3) is 0.111. The van der Waals surface area contributed by atoms with Crippen molar-refractivity contribution in [1.29, 1.82) is 0 Å². The zero-order valence-corrected chi connectivity index (χ0v) is 12.3. The molecule has 1 aliphatic heterocycles. The summed E-state index contributed by atoms with van der Waals surface area (Å²) in [5.41, 5.74) is 0.511. The summed E-state index contributed by atoms with van der Waals surface area (Å²) < 4.78 is 6.18. The van der Waals surface area contributed by atoms with Crippen molar-refractivity contribution in [3.63, 3.8) is 0 Å². The van der Waals surface area contributed by atoms with Crippen LogP contribution in [0.25, 0.3) is 0 Å². The smallest absolute Gasteiger partial charge is 0.121 e. The van der Waals surface area contributed by atoms with E-state index in [4.69, 9.17) is 4.74 Å². The van der Waals surface area contributed by atoms with E-state index in [-0.39, 0.29) is 6.10 Å². The van der Waals surface area contributed by atoms with Crippen LogP contribution in [0.1, 0.15) is 0 Å². The predicted molar refractivity (Wildman–Crippen MR) is 85.7 cm³/mol. The first kappa shape index (κ1) is 11.7. The molecule has 0 radical (unpaired) electrons. The Labute approximate surface area is 120 Å². The quantitative estimate of drug-likeness (QED) is 0.726. The van der Waals surface area contributed by atoms with Gasteiger partial charge < -0.3 is 4.74 Å². The highest BCUT2D eigenvalue weighted by atomic mass is 28.3. The average molecular weight is 276 g/mol. The summed E-state index contributed by atoms with van der Waals surface area (Å²) in [4.78, 5) is 0. The molecule has 2 aromatic carbocycles. The molecule has 20 heavy (non-hydrogen) atoms. The number of fused-ring (bicyclic) bond motifs is 2. The SMILES string of the molecule is C1=C[C@H]2Oc3ccccc3[SiH](c3ccccc3)[C@H]2C=C1. The summed E-state index contributed by atoms with van der Waals surface area (Å²) >= 11 is 0. The minimum atomic E-state index is -1.28. The molecule has 3 atom stereocenters. The Bertz CT molecular complexity index is 675. The summed E-state index contributed by atoms with van der Waals surface area (Å²) in [6.07, 6.45) is 9.01. The normalized spacial score (nSPS) is 26.5. The molecule has 0 N–H and O–H groups in total. The van der Waals surface area contributed by atoms with Gasteiger partial charge in [0.15, 0.2) is 0 Å². The van der Waals surface area contributed by atoms with E-state index in [9.17, 15) is 0 Å². The fourth-order valence-electron chi connectivity index (χ4n) is 3.28. The van der Waals surface area contributed by atoms with Gasteiger partial charge in [0.25, 0.3) is 0 Å². The van der Waals surface area contributed by atoms with Crippen LogP contribution in [0.3, 0.4) is 0 Å². The van der Waals surface area contributed by atoms with Crippen molar-refractivity contribution in [3.8, 4) is 5.75 Å². The first-order valence-electron chi connectivity index (χ1n) is 7.09. The lowest BCUT2D eigenvalue weighted by Crippen LogP contribution is -2.54. The Morgan fingerprint density at radius 1 is 0.800 bits per heavy atom. The van der Waals surface area contributed by atoms with Gasteiger partial charge in [0.1, 0.15) is 20.7 Å². The lowest BCUT2D eigenvalue weighted by atomic mass is 10.1. The molecule has 2 heteroatoms. The minimum Gasteiger partial charge on any atom is -0.486 e. The van der Waals surface area contributed by atoms with Crippen LogP contribution in [0.2, 0.25) is 5.54 Å². The zero-order valence-electron chi connectivity index (χ0n) is 11.1. The van der Waals surface area contributed by atoms with Gasteiger partial charge in [-0.3, -0.25) is 0 Å². The Kier molecular flexibility index (Phi) is 2.82. The number of hydrogen-bond donors (Lipinski definition) is 0. The molecule has 0 fully saturated rings. The third-order valence-corrected chi connectivity index (χ3v) is 7.81. The van der Waals surface area contributed by atoms with Crippen molar-refractivity contribution in [2.45, 2.75) is 11.6 Å². The summed E-state index contributed by atoms with van der Waals surface area (Å²) in [6, 6.07) is 19.5. The Morgan fingerprint density at radius 2 is 1.55 bits per heavy atom. The molecule has 2 aromatic rings. The number of rotatable bonds is 1. The van der Waals surface area contributed by atoms with Crippen LogP contribution in [0.4, 0.5) is 0 Å². The second kappa shape index (κ2) is 4.80. The van der Waals surface area contributed by atoms with Gasteiger partial charge in [-0.2, -0.15) is 0 Å². The lowest BCUT2D eigenvalue weighted by Gasteiger charge is -2.37. The van der Waals surface area contributed by atoms with Gasteiger partial charge >= 0.3 is 0 Å². The molecule has 1 aliphatic carbocycles.